The van der Waals surface area contributed by atoms with Gasteiger partial charge in [0.25, 0.3) is 0 Å². The topological polar surface area (TPSA) is 81.9 Å². The zero-order chi connectivity index (χ0) is 20.3. The highest BCUT2D eigenvalue weighted by atomic mass is 16.3. The Balaban J connectivity index is 1.53. The minimum Gasteiger partial charge on any atom is -0.468 e. The Hall–Kier alpha value is -2.80. The maximum Gasteiger partial charge on any atom is 0.242 e. The van der Waals surface area contributed by atoms with E-state index in [1.54, 1.807) is 6.26 Å². The van der Waals surface area contributed by atoms with Crippen molar-refractivity contribution in [2.75, 3.05) is 32.7 Å². The smallest absolute Gasteiger partial charge is 0.242 e. The summed E-state index contributed by atoms with van der Waals surface area (Å²) in [5.74, 6) is 1.49. The van der Waals surface area contributed by atoms with Gasteiger partial charge in [-0.2, -0.15) is 0 Å². The average Bonchev–Trinajstić information content (AvgIpc) is 3.46. The zero-order valence-corrected chi connectivity index (χ0v) is 17.1. The summed E-state index contributed by atoms with van der Waals surface area (Å²) in [5, 5.41) is 9.49. The Kier molecular flexibility index (Phi) is 8.12. The van der Waals surface area contributed by atoms with Gasteiger partial charge in [-0.3, -0.25) is 9.69 Å². The van der Waals surface area contributed by atoms with Crippen LogP contribution in [0.4, 0.5) is 0 Å². The molecule has 7 nitrogen and oxygen atoms in total. The van der Waals surface area contributed by atoms with E-state index >= 15 is 0 Å². The lowest BCUT2D eigenvalue weighted by molar-refractivity contribution is -0.119. The van der Waals surface area contributed by atoms with E-state index in [4.69, 9.17) is 4.42 Å². The van der Waals surface area contributed by atoms with E-state index in [2.05, 4.69) is 25.8 Å². The molecule has 0 saturated carbocycles. The molecule has 1 aromatic carbocycles. The Bertz CT molecular complexity index is 755. The van der Waals surface area contributed by atoms with E-state index in [1.165, 1.54) is 12.8 Å². The molecule has 1 fully saturated rings. The fourth-order valence-electron chi connectivity index (χ4n) is 3.48. The fraction of sp³-hybridized carbons (Fsp3) is 0.455. The molecule has 29 heavy (non-hydrogen) atoms. The molecule has 1 unspecified atom stereocenters. The number of carbonyl (C=O) groups excluding carboxylic acids is 1. The molecule has 0 bridgehead atoms. The molecule has 2 heterocycles. The number of carbonyl (C=O) groups is 1. The largest absolute Gasteiger partial charge is 0.468 e. The van der Waals surface area contributed by atoms with Crippen molar-refractivity contribution in [1.82, 2.24) is 20.9 Å². The number of aliphatic imine (C=N–C) groups is 1. The van der Waals surface area contributed by atoms with Gasteiger partial charge in [0, 0.05) is 19.6 Å². The van der Waals surface area contributed by atoms with Gasteiger partial charge in [-0.1, -0.05) is 30.3 Å². The molecule has 1 atom stereocenters. The third-order valence-electron chi connectivity index (χ3n) is 4.97. The number of rotatable bonds is 9. The normalized spacial score (nSPS) is 15.8. The van der Waals surface area contributed by atoms with Gasteiger partial charge in [-0.05, 0) is 50.6 Å². The van der Waals surface area contributed by atoms with Gasteiger partial charge in [-0.15, -0.1) is 0 Å². The molecule has 1 saturated heterocycles. The van der Waals surface area contributed by atoms with Crippen molar-refractivity contribution in [2.45, 2.75) is 32.4 Å². The van der Waals surface area contributed by atoms with Crippen molar-refractivity contribution < 1.29 is 9.21 Å². The summed E-state index contributed by atoms with van der Waals surface area (Å²) < 4.78 is 5.67. The van der Waals surface area contributed by atoms with Gasteiger partial charge in [0.05, 0.1) is 12.3 Å². The maximum atomic E-state index is 12.2. The molecule has 3 rings (SSSR count). The van der Waals surface area contributed by atoms with Crippen molar-refractivity contribution in [3.8, 4) is 0 Å². The molecule has 2 aromatic rings. The van der Waals surface area contributed by atoms with Crippen LogP contribution in [-0.2, 0) is 11.3 Å². The number of likely N-dealkylation sites (tertiary alicyclic amines) is 1. The van der Waals surface area contributed by atoms with Gasteiger partial charge in [-0.25, -0.2) is 4.99 Å². The minimum atomic E-state index is -0.104. The summed E-state index contributed by atoms with van der Waals surface area (Å²) in [6, 6.07) is 14.0. The third-order valence-corrected chi connectivity index (χ3v) is 4.97. The lowest BCUT2D eigenvalue weighted by Crippen LogP contribution is -2.43. The number of amides is 1. The first-order valence-electron chi connectivity index (χ1n) is 10.4. The first-order valence-corrected chi connectivity index (χ1v) is 10.4. The Labute approximate surface area is 172 Å². The van der Waals surface area contributed by atoms with Crippen LogP contribution in [0.3, 0.4) is 0 Å². The second kappa shape index (κ2) is 11.3. The van der Waals surface area contributed by atoms with E-state index in [1.807, 2.05) is 49.4 Å². The number of benzene rings is 1. The second-order valence-electron chi connectivity index (χ2n) is 7.11. The molecule has 1 amide bonds. The van der Waals surface area contributed by atoms with Crippen molar-refractivity contribution in [1.29, 1.82) is 0 Å². The van der Waals surface area contributed by atoms with Crippen molar-refractivity contribution in [3.63, 3.8) is 0 Å². The fourth-order valence-corrected chi connectivity index (χ4v) is 3.48. The summed E-state index contributed by atoms with van der Waals surface area (Å²) in [5.41, 5.74) is 1.07. The highest BCUT2D eigenvalue weighted by Crippen LogP contribution is 2.24. The second-order valence-corrected chi connectivity index (χ2v) is 7.11. The summed E-state index contributed by atoms with van der Waals surface area (Å²) in [6.07, 6.45) is 4.15. The van der Waals surface area contributed by atoms with Crippen LogP contribution in [0.15, 0.2) is 58.1 Å². The molecular formula is C22H31N5O2. The standard InChI is InChI=1S/C22H31N5O2/c1-2-23-22(26-17-21(28)24-15-18-9-4-3-5-10-18)25-16-19(20-11-8-14-29-20)27-12-6-7-13-27/h3-5,8-11,14,19H,2,6-7,12-13,15-17H2,1H3,(H,24,28)(H2,23,25,26). The van der Waals surface area contributed by atoms with Gasteiger partial charge < -0.3 is 20.4 Å². The lowest BCUT2D eigenvalue weighted by Gasteiger charge is -2.26. The van der Waals surface area contributed by atoms with Crippen LogP contribution in [0.25, 0.3) is 0 Å². The third kappa shape index (κ3) is 6.64. The highest BCUT2D eigenvalue weighted by Gasteiger charge is 2.25. The van der Waals surface area contributed by atoms with Gasteiger partial charge in [0.2, 0.25) is 5.91 Å². The van der Waals surface area contributed by atoms with Crippen LogP contribution in [0.5, 0.6) is 0 Å². The minimum absolute atomic E-state index is 0.0807. The quantitative estimate of drug-likeness (QED) is 0.447. The van der Waals surface area contributed by atoms with Crippen LogP contribution in [0, 0.1) is 0 Å². The number of furan rings is 1. The molecule has 156 valence electrons. The Morgan fingerprint density at radius 2 is 1.90 bits per heavy atom. The number of guanidine groups is 1. The first-order chi connectivity index (χ1) is 14.3. The maximum absolute atomic E-state index is 12.2. The van der Waals surface area contributed by atoms with E-state index in [0.29, 0.717) is 19.0 Å². The van der Waals surface area contributed by atoms with Gasteiger partial charge in [0.15, 0.2) is 5.96 Å². The number of nitrogens with one attached hydrogen (secondary N) is 3. The monoisotopic (exact) mass is 397 g/mol. The van der Waals surface area contributed by atoms with Gasteiger partial charge in [0.1, 0.15) is 12.3 Å². The summed E-state index contributed by atoms with van der Waals surface area (Å²) >= 11 is 0. The number of hydrogen-bond donors (Lipinski definition) is 3. The highest BCUT2D eigenvalue weighted by molar-refractivity contribution is 5.84. The molecule has 0 aliphatic carbocycles. The predicted molar refractivity (Wildman–Crippen MR) is 115 cm³/mol. The predicted octanol–water partition coefficient (Wildman–Crippen LogP) is 2.29. The van der Waals surface area contributed by atoms with Crippen LogP contribution >= 0.6 is 0 Å². The van der Waals surface area contributed by atoms with E-state index in [9.17, 15) is 4.79 Å². The molecule has 0 radical (unpaired) electrons. The molecule has 7 heteroatoms. The van der Waals surface area contributed by atoms with E-state index in [0.717, 1.165) is 31.0 Å². The van der Waals surface area contributed by atoms with Crippen molar-refractivity contribution in [3.05, 3.63) is 60.1 Å². The zero-order valence-electron chi connectivity index (χ0n) is 17.1. The van der Waals surface area contributed by atoms with Gasteiger partial charge >= 0.3 is 0 Å². The first kappa shape index (κ1) is 20.9. The van der Waals surface area contributed by atoms with E-state index in [-0.39, 0.29) is 18.5 Å². The lowest BCUT2D eigenvalue weighted by atomic mass is 10.2. The molecule has 1 aliphatic heterocycles. The molecular weight excluding hydrogens is 366 g/mol. The molecule has 1 aliphatic rings. The van der Waals surface area contributed by atoms with E-state index < -0.39 is 0 Å². The van der Waals surface area contributed by atoms with Crippen molar-refractivity contribution in [2.24, 2.45) is 4.99 Å². The molecule has 1 aromatic heterocycles. The van der Waals surface area contributed by atoms with Crippen LogP contribution in [0.2, 0.25) is 0 Å². The summed E-state index contributed by atoms with van der Waals surface area (Å²) in [7, 11) is 0. The average molecular weight is 398 g/mol. The number of hydrogen-bond acceptors (Lipinski definition) is 4. The van der Waals surface area contributed by atoms with Crippen LogP contribution in [0.1, 0.15) is 37.1 Å². The SMILES string of the molecule is CCNC(=NCC(=O)NCc1ccccc1)NCC(c1ccco1)N1CCCC1. The Morgan fingerprint density at radius 1 is 1.10 bits per heavy atom. The molecule has 3 N–H and O–H groups in total. The number of nitrogens with zero attached hydrogens (tertiary/aromatic N) is 2. The summed E-state index contributed by atoms with van der Waals surface area (Å²) in [4.78, 5) is 19.0. The van der Waals surface area contributed by atoms with Crippen molar-refractivity contribution >= 4 is 11.9 Å². The van der Waals surface area contributed by atoms with Crippen LogP contribution < -0.4 is 16.0 Å². The summed E-state index contributed by atoms with van der Waals surface area (Å²) in [6.45, 7) is 6.14. The molecule has 0 spiro atoms. The van der Waals surface area contributed by atoms with Crippen LogP contribution in [-0.4, -0.2) is 49.5 Å². The Morgan fingerprint density at radius 3 is 2.59 bits per heavy atom.